The number of ether oxygens (including phenoxy) is 1. The number of hydrogen-bond acceptors (Lipinski definition) is 2. The zero-order valence-electron chi connectivity index (χ0n) is 11.3. The zero-order valence-corrected chi connectivity index (χ0v) is 12.0. The summed E-state index contributed by atoms with van der Waals surface area (Å²) < 4.78 is 19.2. The van der Waals surface area contributed by atoms with Gasteiger partial charge in [-0.15, -0.1) is 0 Å². The summed E-state index contributed by atoms with van der Waals surface area (Å²) in [7, 11) is 1.93. The van der Waals surface area contributed by atoms with Crippen molar-refractivity contribution in [2.24, 2.45) is 0 Å². The molecule has 0 aliphatic carbocycles. The van der Waals surface area contributed by atoms with Gasteiger partial charge in [0.1, 0.15) is 5.82 Å². The maximum atomic E-state index is 13.4. The van der Waals surface area contributed by atoms with Crippen molar-refractivity contribution in [1.29, 1.82) is 0 Å². The monoisotopic (exact) mass is 285 g/mol. The van der Waals surface area contributed by atoms with Crippen molar-refractivity contribution in [2.75, 3.05) is 13.7 Å². The Kier molecular flexibility index (Phi) is 5.61. The van der Waals surface area contributed by atoms with Crippen LogP contribution in [0.5, 0.6) is 0 Å². The maximum Gasteiger partial charge on any atom is 0.142 e. The molecular formula is C15H21ClFNO. The van der Waals surface area contributed by atoms with Gasteiger partial charge in [-0.05, 0) is 50.8 Å². The van der Waals surface area contributed by atoms with Gasteiger partial charge in [0.15, 0.2) is 0 Å². The van der Waals surface area contributed by atoms with E-state index in [0.29, 0.717) is 6.10 Å². The summed E-state index contributed by atoms with van der Waals surface area (Å²) >= 11 is 6.00. The van der Waals surface area contributed by atoms with Crippen LogP contribution in [0.3, 0.4) is 0 Å². The minimum absolute atomic E-state index is 0.243. The predicted octanol–water partition coefficient (Wildman–Crippen LogP) is 3.57. The van der Waals surface area contributed by atoms with Crippen molar-refractivity contribution in [3.63, 3.8) is 0 Å². The van der Waals surface area contributed by atoms with Gasteiger partial charge in [-0.2, -0.15) is 0 Å². The molecule has 0 radical (unpaired) electrons. The molecule has 1 aliphatic heterocycles. The fourth-order valence-corrected chi connectivity index (χ4v) is 2.79. The molecule has 2 rings (SSSR count). The Balaban J connectivity index is 1.96. The zero-order chi connectivity index (χ0) is 13.7. The molecule has 1 aliphatic rings. The lowest BCUT2D eigenvalue weighted by atomic mass is 9.97. The van der Waals surface area contributed by atoms with Crippen molar-refractivity contribution < 1.29 is 9.13 Å². The van der Waals surface area contributed by atoms with E-state index in [4.69, 9.17) is 16.3 Å². The molecule has 4 heteroatoms. The van der Waals surface area contributed by atoms with Crippen LogP contribution in [0.25, 0.3) is 0 Å². The van der Waals surface area contributed by atoms with Crippen LogP contribution in [0.1, 0.15) is 31.2 Å². The van der Waals surface area contributed by atoms with Crippen LogP contribution >= 0.6 is 11.6 Å². The van der Waals surface area contributed by atoms with Crippen LogP contribution in [0, 0.1) is 5.82 Å². The lowest BCUT2D eigenvalue weighted by Gasteiger charge is -2.27. The van der Waals surface area contributed by atoms with Crippen LogP contribution in [0.4, 0.5) is 4.39 Å². The van der Waals surface area contributed by atoms with Crippen molar-refractivity contribution in [3.8, 4) is 0 Å². The highest BCUT2D eigenvalue weighted by Gasteiger charge is 2.20. The molecular weight excluding hydrogens is 265 g/mol. The number of halogens is 2. The second-order valence-electron chi connectivity index (χ2n) is 5.13. The van der Waals surface area contributed by atoms with Gasteiger partial charge in [0.2, 0.25) is 0 Å². The van der Waals surface area contributed by atoms with E-state index in [2.05, 4.69) is 5.32 Å². The average Bonchev–Trinajstić information content (AvgIpc) is 2.44. The fourth-order valence-electron chi connectivity index (χ4n) is 2.59. The van der Waals surface area contributed by atoms with E-state index in [9.17, 15) is 4.39 Å². The molecule has 1 heterocycles. The van der Waals surface area contributed by atoms with Crippen molar-refractivity contribution in [1.82, 2.24) is 5.32 Å². The summed E-state index contributed by atoms with van der Waals surface area (Å²) in [5.74, 6) is -0.345. The molecule has 0 bridgehead atoms. The highest BCUT2D eigenvalue weighted by Crippen LogP contribution is 2.23. The molecule has 0 spiro atoms. The Labute approximate surface area is 119 Å². The van der Waals surface area contributed by atoms with Gasteiger partial charge < -0.3 is 10.1 Å². The SMILES string of the molecule is CNC(Cc1cccc(F)c1Cl)CC1CCCCO1. The summed E-state index contributed by atoms with van der Waals surface area (Å²) in [6.07, 6.45) is 5.52. The minimum atomic E-state index is -0.345. The summed E-state index contributed by atoms with van der Waals surface area (Å²) in [6, 6.07) is 5.25. The normalized spacial score (nSPS) is 21.3. The van der Waals surface area contributed by atoms with Crippen molar-refractivity contribution in [3.05, 3.63) is 34.6 Å². The van der Waals surface area contributed by atoms with Crippen LogP contribution in [-0.2, 0) is 11.2 Å². The molecule has 1 fully saturated rings. The number of hydrogen-bond donors (Lipinski definition) is 1. The minimum Gasteiger partial charge on any atom is -0.378 e. The average molecular weight is 286 g/mol. The van der Waals surface area contributed by atoms with Gasteiger partial charge in [-0.3, -0.25) is 0 Å². The van der Waals surface area contributed by atoms with Gasteiger partial charge in [0.25, 0.3) is 0 Å². The number of likely N-dealkylation sites (N-methyl/N-ethyl adjacent to an activating group) is 1. The quantitative estimate of drug-likeness (QED) is 0.893. The third kappa shape index (κ3) is 4.16. The van der Waals surface area contributed by atoms with E-state index in [1.54, 1.807) is 6.07 Å². The molecule has 0 saturated carbocycles. The molecule has 2 unspecified atom stereocenters. The molecule has 1 saturated heterocycles. The first-order valence-electron chi connectivity index (χ1n) is 6.92. The third-order valence-electron chi connectivity index (χ3n) is 3.73. The Hall–Kier alpha value is -0.640. The van der Waals surface area contributed by atoms with Gasteiger partial charge in [-0.1, -0.05) is 23.7 Å². The van der Waals surface area contributed by atoms with Crippen molar-refractivity contribution in [2.45, 2.75) is 44.2 Å². The second-order valence-corrected chi connectivity index (χ2v) is 5.50. The van der Waals surface area contributed by atoms with E-state index in [0.717, 1.165) is 37.9 Å². The van der Waals surface area contributed by atoms with Crippen LogP contribution in [-0.4, -0.2) is 25.8 Å². The first-order valence-corrected chi connectivity index (χ1v) is 7.30. The smallest absolute Gasteiger partial charge is 0.142 e. The Bertz CT molecular complexity index is 407. The molecule has 1 N–H and O–H groups in total. The summed E-state index contributed by atoms with van der Waals surface area (Å²) in [4.78, 5) is 0. The molecule has 2 atom stereocenters. The lowest BCUT2D eigenvalue weighted by Crippen LogP contribution is -2.34. The first kappa shape index (κ1) is 14.8. The summed E-state index contributed by atoms with van der Waals surface area (Å²) in [5, 5.41) is 3.53. The number of nitrogens with one attached hydrogen (secondary N) is 1. The molecule has 0 amide bonds. The van der Waals surface area contributed by atoms with Gasteiger partial charge in [0, 0.05) is 12.6 Å². The third-order valence-corrected chi connectivity index (χ3v) is 4.15. The Morgan fingerprint density at radius 3 is 3.00 bits per heavy atom. The topological polar surface area (TPSA) is 21.3 Å². The van der Waals surface area contributed by atoms with E-state index in [1.165, 1.54) is 12.5 Å². The van der Waals surface area contributed by atoms with E-state index < -0.39 is 0 Å². The fraction of sp³-hybridized carbons (Fsp3) is 0.600. The molecule has 1 aromatic rings. The Morgan fingerprint density at radius 2 is 2.32 bits per heavy atom. The molecule has 19 heavy (non-hydrogen) atoms. The highest BCUT2D eigenvalue weighted by molar-refractivity contribution is 6.31. The molecule has 1 aromatic carbocycles. The lowest BCUT2D eigenvalue weighted by molar-refractivity contribution is 0.00568. The highest BCUT2D eigenvalue weighted by atomic mass is 35.5. The second kappa shape index (κ2) is 7.22. The van der Waals surface area contributed by atoms with Crippen molar-refractivity contribution >= 4 is 11.6 Å². The van der Waals surface area contributed by atoms with Crippen LogP contribution in [0.15, 0.2) is 18.2 Å². The standard InChI is InChI=1S/C15H21ClFNO/c1-18-12(10-13-6-2-3-8-19-13)9-11-5-4-7-14(17)15(11)16/h4-5,7,12-13,18H,2-3,6,8-10H2,1H3. The van der Waals surface area contributed by atoms with Crippen LogP contribution < -0.4 is 5.32 Å². The molecule has 106 valence electrons. The van der Waals surface area contributed by atoms with Crippen LogP contribution in [0.2, 0.25) is 5.02 Å². The number of rotatable bonds is 5. The summed E-state index contributed by atoms with van der Waals surface area (Å²) in [6.45, 7) is 0.863. The van der Waals surface area contributed by atoms with Gasteiger partial charge in [-0.25, -0.2) is 4.39 Å². The molecule has 2 nitrogen and oxygen atoms in total. The largest absolute Gasteiger partial charge is 0.378 e. The van der Waals surface area contributed by atoms with Gasteiger partial charge >= 0.3 is 0 Å². The maximum absolute atomic E-state index is 13.4. The van der Waals surface area contributed by atoms with E-state index in [1.807, 2.05) is 13.1 Å². The predicted molar refractivity (Wildman–Crippen MR) is 76.2 cm³/mol. The Morgan fingerprint density at radius 1 is 1.47 bits per heavy atom. The molecule has 0 aromatic heterocycles. The van der Waals surface area contributed by atoms with E-state index >= 15 is 0 Å². The number of benzene rings is 1. The first-order chi connectivity index (χ1) is 9.20. The van der Waals surface area contributed by atoms with Gasteiger partial charge in [0.05, 0.1) is 11.1 Å². The van der Waals surface area contributed by atoms with E-state index in [-0.39, 0.29) is 16.9 Å². The summed E-state index contributed by atoms with van der Waals surface area (Å²) in [5.41, 5.74) is 0.858.